The van der Waals surface area contributed by atoms with E-state index in [0.717, 1.165) is 0 Å². The van der Waals surface area contributed by atoms with Gasteiger partial charge in [-0.1, -0.05) is 6.92 Å². The molecular formula is C6H10F4. The maximum Gasteiger partial charge on any atom is 0.165 e. The second kappa shape index (κ2) is 4.52. The summed E-state index contributed by atoms with van der Waals surface area (Å²) in [4.78, 5) is 0. The minimum absolute atomic E-state index is 0.123. The molecule has 0 bridgehead atoms. The molecule has 3 atom stereocenters. The number of hydrogen-bond acceptors (Lipinski definition) is 0. The minimum Gasteiger partial charge on any atom is -0.248 e. The molecule has 0 nitrogen and oxygen atoms in total. The van der Waals surface area contributed by atoms with Gasteiger partial charge in [-0.15, -0.1) is 0 Å². The molecule has 10 heavy (non-hydrogen) atoms. The van der Waals surface area contributed by atoms with Gasteiger partial charge in [0, 0.05) is 0 Å². The topological polar surface area (TPSA) is 0 Å². The molecule has 0 fully saturated rings. The highest BCUT2D eigenvalue weighted by Crippen LogP contribution is 2.14. The molecular weight excluding hydrogens is 148 g/mol. The predicted octanol–water partition coefficient (Wildman–Crippen LogP) is 2.38. The van der Waals surface area contributed by atoms with Gasteiger partial charge in [-0.25, -0.2) is 17.6 Å². The van der Waals surface area contributed by atoms with Crippen LogP contribution in [0.15, 0.2) is 0 Å². The van der Waals surface area contributed by atoms with E-state index in [1.807, 2.05) is 0 Å². The second-order valence-electron chi connectivity index (χ2n) is 2.04. The average molecular weight is 158 g/mol. The molecule has 0 aliphatic rings. The lowest BCUT2D eigenvalue weighted by molar-refractivity contribution is 0.0655. The lowest BCUT2D eigenvalue weighted by Crippen LogP contribution is -2.28. The molecule has 4 heteroatoms. The van der Waals surface area contributed by atoms with Crippen LogP contribution in [0.4, 0.5) is 17.6 Å². The molecule has 0 amide bonds. The normalized spacial score (nSPS) is 20.1. The van der Waals surface area contributed by atoms with Crippen molar-refractivity contribution in [2.24, 2.45) is 0 Å². The van der Waals surface area contributed by atoms with Crippen LogP contribution in [0.1, 0.15) is 13.3 Å². The van der Waals surface area contributed by atoms with Crippen LogP contribution in [-0.2, 0) is 0 Å². The molecule has 0 spiro atoms. The van der Waals surface area contributed by atoms with Crippen LogP contribution >= 0.6 is 0 Å². The third-order valence-electron chi connectivity index (χ3n) is 1.23. The Hall–Kier alpha value is -0.280. The molecule has 0 aliphatic heterocycles. The fourth-order valence-electron chi connectivity index (χ4n) is 0.537. The van der Waals surface area contributed by atoms with Crippen molar-refractivity contribution in [3.63, 3.8) is 0 Å². The molecule has 62 valence electrons. The van der Waals surface area contributed by atoms with Crippen LogP contribution < -0.4 is 0 Å². The van der Waals surface area contributed by atoms with Gasteiger partial charge in [0.2, 0.25) is 0 Å². The summed E-state index contributed by atoms with van der Waals surface area (Å²) >= 11 is 0. The Morgan fingerprint density at radius 1 is 1.10 bits per heavy atom. The van der Waals surface area contributed by atoms with Crippen LogP contribution in [0.5, 0.6) is 0 Å². The van der Waals surface area contributed by atoms with Crippen LogP contribution in [-0.4, -0.2) is 25.2 Å². The summed E-state index contributed by atoms with van der Waals surface area (Å²) < 4.78 is 47.7. The van der Waals surface area contributed by atoms with Crippen molar-refractivity contribution in [1.29, 1.82) is 0 Å². The Morgan fingerprint density at radius 2 is 1.60 bits per heavy atom. The molecule has 0 aliphatic carbocycles. The summed E-state index contributed by atoms with van der Waals surface area (Å²) in [6.45, 7) is -0.0796. The highest BCUT2D eigenvalue weighted by Gasteiger charge is 2.28. The van der Waals surface area contributed by atoms with Gasteiger partial charge in [-0.2, -0.15) is 0 Å². The summed E-state index contributed by atoms with van der Waals surface area (Å²) in [5.41, 5.74) is 0. The van der Waals surface area contributed by atoms with E-state index in [0.29, 0.717) is 0 Å². The van der Waals surface area contributed by atoms with Gasteiger partial charge in [-0.3, -0.25) is 0 Å². The van der Waals surface area contributed by atoms with E-state index >= 15 is 0 Å². The Labute approximate surface area is 57.2 Å². The van der Waals surface area contributed by atoms with E-state index in [-0.39, 0.29) is 6.42 Å². The average Bonchev–Trinajstić information content (AvgIpc) is 2.00. The summed E-state index contributed by atoms with van der Waals surface area (Å²) in [6.07, 6.45) is -6.63. The van der Waals surface area contributed by atoms with Gasteiger partial charge in [0.1, 0.15) is 12.8 Å². The first kappa shape index (κ1) is 9.72. The van der Waals surface area contributed by atoms with E-state index in [1.54, 1.807) is 0 Å². The van der Waals surface area contributed by atoms with E-state index in [1.165, 1.54) is 6.92 Å². The molecule has 0 aromatic rings. The molecule has 0 rings (SSSR count). The summed E-state index contributed by atoms with van der Waals surface area (Å²) in [7, 11) is 0. The molecule has 0 N–H and O–H groups in total. The molecule has 0 aromatic heterocycles. The van der Waals surface area contributed by atoms with E-state index in [9.17, 15) is 17.6 Å². The zero-order valence-corrected chi connectivity index (χ0v) is 5.66. The minimum atomic E-state index is -2.31. The van der Waals surface area contributed by atoms with Crippen molar-refractivity contribution in [1.82, 2.24) is 0 Å². The summed E-state index contributed by atoms with van der Waals surface area (Å²) in [5, 5.41) is 0. The Balaban J connectivity index is 3.69. The number of halogens is 4. The molecule has 0 saturated heterocycles. The zero-order chi connectivity index (χ0) is 8.15. The van der Waals surface area contributed by atoms with Crippen molar-refractivity contribution in [3.8, 4) is 0 Å². The van der Waals surface area contributed by atoms with Crippen LogP contribution in [0.25, 0.3) is 0 Å². The molecule has 0 heterocycles. The first-order valence-electron chi connectivity index (χ1n) is 3.11. The first-order chi connectivity index (χ1) is 4.63. The van der Waals surface area contributed by atoms with Crippen molar-refractivity contribution in [2.45, 2.75) is 31.9 Å². The van der Waals surface area contributed by atoms with Gasteiger partial charge in [-0.05, 0) is 6.42 Å². The standard InChI is InChI=1S/C6H10F4/c1-2-4(8)6(10)5(9)3-7/h4-6H,2-3H2,1H3. The number of alkyl halides is 4. The lowest BCUT2D eigenvalue weighted by Gasteiger charge is -2.12. The van der Waals surface area contributed by atoms with Gasteiger partial charge in [0.05, 0.1) is 0 Å². The second-order valence-corrected chi connectivity index (χ2v) is 2.04. The van der Waals surface area contributed by atoms with Crippen molar-refractivity contribution < 1.29 is 17.6 Å². The van der Waals surface area contributed by atoms with Crippen molar-refractivity contribution in [2.75, 3.05) is 6.67 Å². The summed E-state index contributed by atoms with van der Waals surface area (Å²) in [5.74, 6) is 0. The Kier molecular flexibility index (Phi) is 4.40. The fraction of sp³-hybridized carbons (Fsp3) is 1.00. The number of hydrogen-bond donors (Lipinski definition) is 0. The molecule has 0 saturated carbocycles. The van der Waals surface area contributed by atoms with Crippen LogP contribution in [0, 0.1) is 0 Å². The van der Waals surface area contributed by atoms with E-state index < -0.39 is 25.2 Å². The van der Waals surface area contributed by atoms with E-state index in [4.69, 9.17) is 0 Å². The Morgan fingerprint density at radius 3 is 1.90 bits per heavy atom. The zero-order valence-electron chi connectivity index (χ0n) is 5.66. The van der Waals surface area contributed by atoms with Gasteiger partial charge in [0.15, 0.2) is 12.3 Å². The highest BCUT2D eigenvalue weighted by atomic mass is 19.2. The third-order valence-corrected chi connectivity index (χ3v) is 1.23. The monoisotopic (exact) mass is 158 g/mol. The highest BCUT2D eigenvalue weighted by molar-refractivity contribution is 4.74. The largest absolute Gasteiger partial charge is 0.248 e. The van der Waals surface area contributed by atoms with Crippen LogP contribution in [0.2, 0.25) is 0 Å². The van der Waals surface area contributed by atoms with Crippen molar-refractivity contribution >= 4 is 0 Å². The van der Waals surface area contributed by atoms with Crippen molar-refractivity contribution in [3.05, 3.63) is 0 Å². The number of rotatable bonds is 4. The molecule has 0 radical (unpaired) electrons. The third kappa shape index (κ3) is 2.54. The van der Waals surface area contributed by atoms with Gasteiger partial charge < -0.3 is 0 Å². The summed E-state index contributed by atoms with van der Waals surface area (Å²) in [6, 6.07) is 0. The predicted molar refractivity (Wildman–Crippen MR) is 31.0 cm³/mol. The fourth-order valence-corrected chi connectivity index (χ4v) is 0.537. The molecule has 3 unspecified atom stereocenters. The van der Waals surface area contributed by atoms with Gasteiger partial charge >= 0.3 is 0 Å². The van der Waals surface area contributed by atoms with Crippen LogP contribution in [0.3, 0.4) is 0 Å². The lowest BCUT2D eigenvalue weighted by atomic mass is 10.1. The van der Waals surface area contributed by atoms with E-state index in [2.05, 4.69) is 0 Å². The smallest absolute Gasteiger partial charge is 0.165 e. The quantitative estimate of drug-likeness (QED) is 0.551. The Bertz CT molecular complexity index is 75.8. The maximum absolute atomic E-state index is 12.2. The van der Waals surface area contributed by atoms with Gasteiger partial charge in [0.25, 0.3) is 0 Å². The molecule has 0 aromatic carbocycles. The first-order valence-corrected chi connectivity index (χ1v) is 3.11. The SMILES string of the molecule is CCC(F)C(F)C(F)CF. The maximum atomic E-state index is 12.2.